The third kappa shape index (κ3) is 2.03. The van der Waals surface area contributed by atoms with E-state index in [-0.39, 0.29) is 17.5 Å². The normalized spacial score (nSPS) is 24.9. The highest BCUT2D eigenvalue weighted by atomic mass is 16.5. The summed E-state index contributed by atoms with van der Waals surface area (Å²) in [6.07, 6.45) is 1.75. The minimum Gasteiger partial charge on any atom is -0.478 e. The molecule has 3 nitrogen and oxygen atoms in total. The molecule has 2 atom stereocenters. The molecule has 0 fully saturated rings. The minimum atomic E-state index is -0.927. The van der Waals surface area contributed by atoms with Crippen LogP contribution in [0.25, 0.3) is 0 Å². The number of carbonyl (C=O) groups is 2. The van der Waals surface area contributed by atoms with Crippen molar-refractivity contribution in [3.63, 3.8) is 0 Å². The van der Waals surface area contributed by atoms with Crippen LogP contribution in [-0.2, 0) is 11.2 Å². The molecule has 23 heavy (non-hydrogen) atoms. The number of rotatable bonds is 2. The molecule has 0 amide bonds. The Hall–Kier alpha value is -2.42. The number of ketones is 2. The van der Waals surface area contributed by atoms with E-state index in [1.165, 1.54) is 0 Å². The first-order chi connectivity index (χ1) is 11.1. The topological polar surface area (TPSA) is 43.4 Å². The van der Waals surface area contributed by atoms with Crippen LogP contribution in [0.4, 0.5) is 0 Å². The van der Waals surface area contributed by atoms with E-state index in [0.717, 1.165) is 28.9 Å². The van der Waals surface area contributed by atoms with E-state index in [2.05, 4.69) is 0 Å². The second-order valence-electron chi connectivity index (χ2n) is 6.47. The van der Waals surface area contributed by atoms with Crippen molar-refractivity contribution in [3.8, 4) is 5.75 Å². The maximum absolute atomic E-state index is 13.3. The fourth-order valence-electron chi connectivity index (χ4n) is 3.99. The average Bonchev–Trinajstić information content (AvgIpc) is 2.86. The monoisotopic (exact) mass is 306 g/mol. The van der Waals surface area contributed by atoms with Gasteiger partial charge in [0.15, 0.2) is 5.60 Å². The van der Waals surface area contributed by atoms with Crippen molar-refractivity contribution in [3.05, 3.63) is 65.2 Å². The lowest BCUT2D eigenvalue weighted by molar-refractivity contribution is -0.118. The van der Waals surface area contributed by atoms with Crippen LogP contribution in [0.1, 0.15) is 47.2 Å². The van der Waals surface area contributed by atoms with Gasteiger partial charge in [0.2, 0.25) is 5.78 Å². The SMILES string of the molecule is CC(=O)CC1c2ccccc2OC12CCc1ccccc1C2=O. The summed E-state index contributed by atoms with van der Waals surface area (Å²) in [5.74, 6) is 0.645. The number of hydrogen-bond donors (Lipinski definition) is 0. The molecule has 1 aliphatic carbocycles. The Balaban J connectivity index is 1.84. The molecule has 1 aliphatic heterocycles. The fourth-order valence-corrected chi connectivity index (χ4v) is 3.99. The molecule has 116 valence electrons. The summed E-state index contributed by atoms with van der Waals surface area (Å²) < 4.78 is 6.22. The first-order valence-electron chi connectivity index (χ1n) is 8.02. The lowest BCUT2D eigenvalue weighted by Gasteiger charge is -2.37. The van der Waals surface area contributed by atoms with Crippen LogP contribution < -0.4 is 4.74 Å². The second-order valence-corrected chi connectivity index (χ2v) is 6.47. The van der Waals surface area contributed by atoms with Gasteiger partial charge in [0.1, 0.15) is 11.5 Å². The number of aryl methyl sites for hydroxylation is 1. The number of Topliss-reactive ketones (excluding diaryl/α,β-unsaturated/α-hetero) is 2. The van der Waals surface area contributed by atoms with Crippen molar-refractivity contribution in [1.29, 1.82) is 0 Å². The maximum Gasteiger partial charge on any atom is 0.207 e. The number of ether oxygens (including phenoxy) is 1. The Morgan fingerprint density at radius 3 is 2.74 bits per heavy atom. The van der Waals surface area contributed by atoms with Gasteiger partial charge in [0.25, 0.3) is 0 Å². The Kier molecular flexibility index (Phi) is 3.12. The summed E-state index contributed by atoms with van der Waals surface area (Å²) in [5.41, 5.74) is 1.86. The molecule has 2 aliphatic rings. The molecule has 2 aromatic carbocycles. The second kappa shape index (κ2) is 5.05. The molecule has 2 unspecified atom stereocenters. The molecule has 0 aromatic heterocycles. The van der Waals surface area contributed by atoms with E-state index < -0.39 is 5.60 Å². The molecule has 0 saturated heterocycles. The molecule has 0 bridgehead atoms. The first kappa shape index (κ1) is 14.2. The van der Waals surface area contributed by atoms with Crippen LogP contribution in [0.5, 0.6) is 5.75 Å². The maximum atomic E-state index is 13.3. The highest BCUT2D eigenvalue weighted by Crippen LogP contribution is 2.51. The summed E-state index contributed by atoms with van der Waals surface area (Å²) in [7, 11) is 0. The molecule has 0 radical (unpaired) electrons. The van der Waals surface area contributed by atoms with Gasteiger partial charge in [-0.05, 0) is 31.4 Å². The van der Waals surface area contributed by atoms with Crippen LogP contribution >= 0.6 is 0 Å². The molecule has 1 spiro atoms. The molecule has 0 N–H and O–H groups in total. The van der Waals surface area contributed by atoms with E-state index in [0.29, 0.717) is 12.8 Å². The number of benzene rings is 2. The standard InChI is InChI=1S/C20H18O3/c1-13(21)12-17-16-8-4-5-9-18(16)23-20(17)11-10-14-6-2-3-7-15(14)19(20)22/h2-9,17H,10-12H2,1H3. The zero-order chi connectivity index (χ0) is 16.0. The van der Waals surface area contributed by atoms with Crippen LogP contribution in [0.15, 0.2) is 48.5 Å². The Labute approximate surface area is 135 Å². The van der Waals surface area contributed by atoms with Gasteiger partial charge in [0, 0.05) is 23.5 Å². The van der Waals surface area contributed by atoms with Crippen molar-refractivity contribution < 1.29 is 14.3 Å². The van der Waals surface area contributed by atoms with E-state index in [1.54, 1.807) is 6.92 Å². The predicted octanol–water partition coefficient (Wildman–Crippen LogP) is 3.71. The summed E-state index contributed by atoms with van der Waals surface area (Å²) in [4.78, 5) is 25.1. The molecule has 4 rings (SSSR count). The van der Waals surface area contributed by atoms with Crippen molar-refractivity contribution >= 4 is 11.6 Å². The quantitative estimate of drug-likeness (QED) is 0.849. The summed E-state index contributed by atoms with van der Waals surface area (Å²) in [5, 5.41) is 0. The van der Waals surface area contributed by atoms with Gasteiger partial charge >= 0.3 is 0 Å². The Morgan fingerprint density at radius 1 is 1.17 bits per heavy atom. The molecule has 0 saturated carbocycles. The summed E-state index contributed by atoms with van der Waals surface area (Å²) in [6, 6.07) is 15.4. The number of fused-ring (bicyclic) bond motifs is 2. The third-order valence-electron chi connectivity index (χ3n) is 5.05. The average molecular weight is 306 g/mol. The summed E-state index contributed by atoms with van der Waals surface area (Å²) in [6.45, 7) is 1.58. The van der Waals surface area contributed by atoms with Crippen LogP contribution in [0, 0.1) is 0 Å². The highest BCUT2D eigenvalue weighted by molar-refractivity contribution is 6.06. The van der Waals surface area contributed by atoms with Crippen LogP contribution in [-0.4, -0.2) is 17.2 Å². The molecule has 1 heterocycles. The van der Waals surface area contributed by atoms with Crippen LogP contribution in [0.2, 0.25) is 0 Å². The van der Waals surface area contributed by atoms with Gasteiger partial charge in [-0.25, -0.2) is 0 Å². The van der Waals surface area contributed by atoms with Crippen molar-refractivity contribution in [2.75, 3.05) is 0 Å². The number of carbonyl (C=O) groups excluding carboxylic acids is 2. The van der Waals surface area contributed by atoms with Gasteiger partial charge in [0.05, 0.1) is 0 Å². The van der Waals surface area contributed by atoms with E-state index in [9.17, 15) is 9.59 Å². The summed E-state index contributed by atoms with van der Waals surface area (Å²) >= 11 is 0. The number of hydrogen-bond acceptors (Lipinski definition) is 3. The van der Waals surface area contributed by atoms with E-state index >= 15 is 0 Å². The van der Waals surface area contributed by atoms with Crippen molar-refractivity contribution in [1.82, 2.24) is 0 Å². The van der Waals surface area contributed by atoms with Gasteiger partial charge in [-0.2, -0.15) is 0 Å². The number of para-hydroxylation sites is 1. The van der Waals surface area contributed by atoms with Gasteiger partial charge < -0.3 is 9.53 Å². The molecular formula is C20H18O3. The van der Waals surface area contributed by atoms with Gasteiger partial charge in [-0.15, -0.1) is 0 Å². The minimum absolute atomic E-state index is 0.0156. The molecular weight excluding hydrogens is 288 g/mol. The van der Waals surface area contributed by atoms with Crippen molar-refractivity contribution in [2.24, 2.45) is 0 Å². The smallest absolute Gasteiger partial charge is 0.207 e. The third-order valence-corrected chi connectivity index (χ3v) is 5.05. The van der Waals surface area contributed by atoms with Crippen molar-refractivity contribution in [2.45, 2.75) is 37.7 Å². The van der Waals surface area contributed by atoms with E-state index in [1.807, 2.05) is 48.5 Å². The predicted molar refractivity (Wildman–Crippen MR) is 86.9 cm³/mol. The Bertz CT molecular complexity index is 808. The van der Waals surface area contributed by atoms with Crippen LogP contribution in [0.3, 0.4) is 0 Å². The molecule has 2 aromatic rings. The molecule has 3 heteroatoms. The Morgan fingerprint density at radius 2 is 1.91 bits per heavy atom. The zero-order valence-electron chi connectivity index (χ0n) is 13.0. The fraction of sp³-hybridized carbons (Fsp3) is 0.300. The largest absolute Gasteiger partial charge is 0.478 e. The lowest BCUT2D eigenvalue weighted by Crippen LogP contribution is -2.49. The van der Waals surface area contributed by atoms with Gasteiger partial charge in [-0.1, -0.05) is 42.5 Å². The lowest BCUT2D eigenvalue weighted by atomic mass is 9.70. The first-order valence-corrected chi connectivity index (χ1v) is 8.02. The highest BCUT2D eigenvalue weighted by Gasteiger charge is 2.55. The zero-order valence-corrected chi connectivity index (χ0v) is 13.0. The van der Waals surface area contributed by atoms with Gasteiger partial charge in [-0.3, -0.25) is 4.79 Å². The van der Waals surface area contributed by atoms with E-state index in [4.69, 9.17) is 4.74 Å².